The van der Waals surface area contributed by atoms with Gasteiger partial charge in [0.05, 0.1) is 23.9 Å². The summed E-state index contributed by atoms with van der Waals surface area (Å²) in [5.74, 6) is 0.796. The average Bonchev–Trinajstić information content (AvgIpc) is 2.75. The summed E-state index contributed by atoms with van der Waals surface area (Å²) >= 11 is 6.10. The minimum absolute atomic E-state index is 0.0283. The van der Waals surface area contributed by atoms with Gasteiger partial charge in [-0.1, -0.05) is 17.7 Å². The second kappa shape index (κ2) is 5.59. The van der Waals surface area contributed by atoms with E-state index in [1.54, 1.807) is 43.4 Å². The molecule has 0 atom stereocenters. The van der Waals surface area contributed by atoms with Crippen molar-refractivity contribution in [2.45, 2.75) is 0 Å². The minimum Gasteiger partial charge on any atom is -0.493 e. The van der Waals surface area contributed by atoms with E-state index in [9.17, 15) is 4.79 Å². The predicted octanol–water partition coefficient (Wildman–Crippen LogP) is 2.20. The molecular formula is C19H13ClN4O3. The van der Waals surface area contributed by atoms with Gasteiger partial charge in [-0.2, -0.15) is 5.10 Å². The van der Waals surface area contributed by atoms with Gasteiger partial charge in [-0.25, -0.2) is 10.0 Å². The molecule has 0 amide bonds. The summed E-state index contributed by atoms with van der Waals surface area (Å²) in [4.78, 5) is 17.7. The normalized spacial score (nSPS) is 15.4. The maximum absolute atomic E-state index is 13.1. The van der Waals surface area contributed by atoms with Gasteiger partial charge in [-0.3, -0.25) is 4.79 Å². The van der Waals surface area contributed by atoms with E-state index in [1.807, 2.05) is 0 Å². The van der Waals surface area contributed by atoms with Gasteiger partial charge in [-0.15, -0.1) is 0 Å². The summed E-state index contributed by atoms with van der Waals surface area (Å²) in [6.45, 7) is 0. The molecule has 0 radical (unpaired) electrons. The fourth-order valence-electron chi connectivity index (χ4n) is 3.20. The third-order valence-electron chi connectivity index (χ3n) is 4.46. The lowest BCUT2D eigenvalue weighted by Crippen LogP contribution is -2.40. The number of methoxy groups -OCH3 is 1. The van der Waals surface area contributed by atoms with Crippen LogP contribution in [0, 0.1) is 0 Å². The van der Waals surface area contributed by atoms with E-state index in [4.69, 9.17) is 22.2 Å². The Labute approximate surface area is 159 Å². The lowest BCUT2D eigenvalue weighted by Gasteiger charge is -2.23. The largest absolute Gasteiger partial charge is 0.493 e. The number of rotatable bonds is 1. The molecule has 0 saturated carbocycles. The molecule has 2 bridgehead atoms. The van der Waals surface area contributed by atoms with Crippen molar-refractivity contribution in [3.05, 3.63) is 62.4 Å². The first kappa shape index (κ1) is 14.8. The van der Waals surface area contributed by atoms with Gasteiger partial charge in [0.1, 0.15) is 11.1 Å². The highest BCUT2D eigenvalue weighted by Gasteiger charge is 2.26. The van der Waals surface area contributed by atoms with Crippen molar-refractivity contribution in [2.75, 3.05) is 19.5 Å². The van der Waals surface area contributed by atoms with E-state index in [0.717, 1.165) is 5.31 Å². The Hall–Kier alpha value is -3.32. The molecule has 134 valence electrons. The predicted molar refractivity (Wildman–Crippen MR) is 103 cm³/mol. The van der Waals surface area contributed by atoms with Crippen LogP contribution < -0.4 is 26.2 Å². The highest BCUT2D eigenvalue weighted by Crippen LogP contribution is 2.34. The van der Waals surface area contributed by atoms with Crippen LogP contribution in [0.2, 0.25) is 6.43 Å². The lowest BCUT2D eigenvalue weighted by molar-refractivity contribution is 0.406. The molecule has 27 heavy (non-hydrogen) atoms. The highest BCUT2D eigenvalue weighted by molar-refractivity contribution is 6.31. The van der Waals surface area contributed by atoms with Crippen molar-refractivity contribution in [1.82, 2.24) is 5.01 Å². The first-order chi connectivity index (χ1) is 13.5. The number of nitrogens with zero attached hydrogens (tertiary/aromatic N) is 3. The molecule has 0 unspecified atom stereocenters. The van der Waals surface area contributed by atoms with E-state index < -0.39 is 5.43 Å². The number of para-hydroxylation sites is 1. The zero-order valence-corrected chi connectivity index (χ0v) is 15.1. The van der Waals surface area contributed by atoms with Crippen LogP contribution in [0.15, 0.2) is 55.7 Å². The Morgan fingerprint density at radius 1 is 1.33 bits per heavy atom. The van der Waals surface area contributed by atoms with E-state index in [1.165, 1.54) is 12.1 Å². The Balaban J connectivity index is 2.00. The molecule has 3 aromatic rings. The Kier molecular flexibility index (Phi) is 3.06. The minimum atomic E-state index is -0.421. The monoisotopic (exact) mass is 381 g/mol. The molecule has 2 aliphatic rings. The zero-order valence-electron chi connectivity index (χ0n) is 15.4. The SMILES string of the molecule is [2H]N1C2=c3oc4c(OC)cccc4c(c3=O)=NN(C)C2=Nc2ccc(Cl)cc21. The van der Waals surface area contributed by atoms with E-state index >= 15 is 0 Å². The van der Waals surface area contributed by atoms with Gasteiger partial charge in [0.2, 0.25) is 5.42 Å². The van der Waals surface area contributed by atoms with Gasteiger partial charge >= 0.3 is 0 Å². The smallest absolute Gasteiger partial charge is 0.251 e. The van der Waals surface area contributed by atoms with E-state index in [0.29, 0.717) is 39.0 Å². The van der Waals surface area contributed by atoms with Crippen LogP contribution in [0.4, 0.5) is 11.4 Å². The fraction of sp³-hybridized carbons (Fsp3) is 0.105. The summed E-state index contributed by atoms with van der Waals surface area (Å²) in [5, 5.41) is 8.23. The van der Waals surface area contributed by atoms with Gasteiger partial charge < -0.3 is 14.5 Å². The first-order valence-corrected chi connectivity index (χ1v) is 8.51. The Morgan fingerprint density at radius 3 is 3.00 bits per heavy atom. The first-order valence-electron chi connectivity index (χ1n) is 8.58. The second-order valence-corrected chi connectivity index (χ2v) is 6.53. The van der Waals surface area contributed by atoms with Crippen molar-refractivity contribution < 1.29 is 10.6 Å². The number of anilines is 1. The maximum atomic E-state index is 13.1. The molecule has 2 aromatic carbocycles. The summed E-state index contributed by atoms with van der Waals surface area (Å²) in [6, 6.07) is 10.3. The standard InChI is InChI=1S/C19H13ClN4O3/c1-24-19-15(21-12-8-9(20)6-7-11(12)22-19)18-16(25)14(23-24)10-4-3-5-13(26-2)17(10)27-18/h3-8,21H,1-2H3/i/hD. The van der Waals surface area contributed by atoms with Crippen LogP contribution in [0.5, 0.6) is 5.75 Å². The number of amidine groups is 1. The number of halogens is 1. The van der Waals surface area contributed by atoms with Crippen molar-refractivity contribution >= 4 is 45.5 Å². The molecule has 3 heterocycles. The van der Waals surface area contributed by atoms with Crippen LogP contribution in [-0.2, 0) is 0 Å². The van der Waals surface area contributed by atoms with E-state index in [2.05, 4.69) is 10.1 Å². The van der Waals surface area contributed by atoms with Crippen molar-refractivity contribution in [3.63, 3.8) is 0 Å². The van der Waals surface area contributed by atoms with Gasteiger partial charge in [-0.05, 0) is 30.3 Å². The summed E-state index contributed by atoms with van der Waals surface area (Å²) in [7, 11) is 3.20. The molecule has 0 saturated heterocycles. The molecular weight excluding hydrogens is 368 g/mol. The number of ether oxygens (including phenoxy) is 1. The zero-order chi connectivity index (χ0) is 19.6. The fourth-order valence-corrected chi connectivity index (χ4v) is 3.36. The van der Waals surface area contributed by atoms with Crippen LogP contribution >= 0.6 is 11.6 Å². The van der Waals surface area contributed by atoms with Crippen LogP contribution in [0.25, 0.3) is 16.7 Å². The van der Waals surface area contributed by atoms with Crippen LogP contribution in [0.3, 0.4) is 0 Å². The molecule has 1 N–H and O–H groups in total. The van der Waals surface area contributed by atoms with Gasteiger partial charge in [0.15, 0.2) is 18.6 Å². The summed E-state index contributed by atoms with van der Waals surface area (Å²) in [6.07, 6.45) is 0. The maximum Gasteiger partial charge on any atom is 0.251 e. The number of aliphatic imine (C=N–C) groups is 1. The van der Waals surface area contributed by atoms with E-state index in [-0.39, 0.29) is 16.5 Å². The van der Waals surface area contributed by atoms with Gasteiger partial charge in [0, 0.05) is 12.1 Å². The molecule has 5 rings (SSSR count). The molecule has 7 nitrogen and oxygen atoms in total. The topological polar surface area (TPSA) is 79.4 Å². The highest BCUT2D eigenvalue weighted by atomic mass is 35.5. The summed E-state index contributed by atoms with van der Waals surface area (Å²) < 4.78 is 20.0. The van der Waals surface area contributed by atoms with Crippen molar-refractivity contribution in [1.29, 1.82) is 0 Å². The molecule has 1 aromatic heterocycles. The molecule has 0 spiro atoms. The number of hydrogen-bond acceptors (Lipinski definition) is 7. The van der Waals surface area contributed by atoms with Gasteiger partial charge in [0.25, 0.3) is 5.43 Å². The average molecular weight is 382 g/mol. The third-order valence-corrected chi connectivity index (χ3v) is 4.69. The quantitative estimate of drug-likeness (QED) is 0.699. The Bertz CT molecular complexity index is 1380. The number of fused-ring (bicyclic) bond motifs is 6. The molecule has 8 heteroatoms. The van der Waals surface area contributed by atoms with Crippen molar-refractivity contribution in [3.8, 4) is 5.75 Å². The summed E-state index contributed by atoms with van der Waals surface area (Å²) in [5.41, 5.74) is 1.11. The number of hydrogen-bond donors (Lipinski definition) is 1. The molecule has 0 aliphatic carbocycles. The molecule has 2 aliphatic heterocycles. The van der Waals surface area contributed by atoms with Crippen molar-refractivity contribution in [2.24, 2.45) is 10.1 Å². The lowest BCUT2D eigenvalue weighted by atomic mass is 10.2. The van der Waals surface area contributed by atoms with Crippen LogP contribution in [-0.4, -0.2) is 25.0 Å². The Morgan fingerprint density at radius 2 is 2.19 bits per heavy atom. The number of benzene rings is 2. The second-order valence-electron chi connectivity index (χ2n) is 6.10. The third kappa shape index (κ3) is 2.25. The number of nitrogens with one attached hydrogen (secondary N) is 1. The molecule has 0 fully saturated rings. The number of likely N-dealkylation sites (N-methyl/N-ethyl adjacent to an activating group) is 1. The van der Waals surface area contributed by atoms with Crippen LogP contribution in [0.1, 0.15) is 0 Å².